The van der Waals surface area contributed by atoms with E-state index in [0.29, 0.717) is 13.0 Å². The van der Waals surface area contributed by atoms with Gasteiger partial charge in [-0.1, -0.05) is 6.42 Å². The molecule has 0 aromatic heterocycles. The molecule has 0 aliphatic rings. The minimum absolute atomic E-state index is 0.0677. The van der Waals surface area contributed by atoms with Gasteiger partial charge >= 0.3 is 0 Å². The maximum Gasteiger partial charge on any atom is 0.232 e. The summed E-state index contributed by atoms with van der Waals surface area (Å²) in [7, 11) is 3.33. The van der Waals surface area contributed by atoms with Crippen LogP contribution in [-0.4, -0.2) is 27.9 Å². The molecule has 0 aliphatic carbocycles. The Kier molecular flexibility index (Phi) is 5.91. The van der Waals surface area contributed by atoms with E-state index in [1.54, 1.807) is 7.11 Å². The van der Waals surface area contributed by atoms with Crippen LogP contribution in [-0.2, 0) is 13.8 Å². The van der Waals surface area contributed by atoms with E-state index in [0.717, 1.165) is 12.8 Å². The quantitative estimate of drug-likeness (QED) is 0.481. The summed E-state index contributed by atoms with van der Waals surface area (Å²) in [5.74, 6) is 0.0677. The van der Waals surface area contributed by atoms with Crippen LogP contribution in [0.5, 0.6) is 0 Å². The first-order chi connectivity index (χ1) is 5.06. The SMILES string of the molecule is COCCCCCS(=O)(=O)Cl. The summed E-state index contributed by atoms with van der Waals surface area (Å²) in [6, 6.07) is 0. The van der Waals surface area contributed by atoms with Crippen LogP contribution in [0.3, 0.4) is 0 Å². The molecular weight excluding hydrogens is 188 g/mol. The third-order valence-corrected chi connectivity index (χ3v) is 2.48. The lowest BCUT2D eigenvalue weighted by Gasteiger charge is -1.97. The molecule has 0 saturated heterocycles. The van der Waals surface area contributed by atoms with Crippen LogP contribution in [0.1, 0.15) is 19.3 Å². The Balaban J connectivity index is 3.16. The highest BCUT2D eigenvalue weighted by molar-refractivity contribution is 8.13. The largest absolute Gasteiger partial charge is 0.385 e. The Morgan fingerprint density at radius 1 is 1.27 bits per heavy atom. The topological polar surface area (TPSA) is 43.4 Å². The molecule has 0 heterocycles. The molecule has 0 aliphatic heterocycles. The van der Waals surface area contributed by atoms with Gasteiger partial charge < -0.3 is 4.74 Å². The summed E-state index contributed by atoms with van der Waals surface area (Å²) in [4.78, 5) is 0. The summed E-state index contributed by atoms with van der Waals surface area (Å²) in [6.07, 6.45) is 2.36. The number of ether oxygens (including phenoxy) is 1. The van der Waals surface area contributed by atoms with E-state index < -0.39 is 9.05 Å². The summed E-state index contributed by atoms with van der Waals surface area (Å²) in [6.45, 7) is 0.683. The highest BCUT2D eigenvalue weighted by Gasteiger charge is 2.02. The Morgan fingerprint density at radius 2 is 1.91 bits per heavy atom. The number of hydrogen-bond donors (Lipinski definition) is 0. The molecule has 0 fully saturated rings. The molecule has 0 N–H and O–H groups in total. The third-order valence-electron chi connectivity index (χ3n) is 1.24. The van der Waals surface area contributed by atoms with E-state index >= 15 is 0 Å². The van der Waals surface area contributed by atoms with Gasteiger partial charge in [-0.2, -0.15) is 0 Å². The van der Waals surface area contributed by atoms with Crippen molar-refractivity contribution in [3.8, 4) is 0 Å². The van der Waals surface area contributed by atoms with Gasteiger partial charge in [0.25, 0.3) is 0 Å². The fourth-order valence-corrected chi connectivity index (χ4v) is 1.57. The number of unbranched alkanes of at least 4 members (excludes halogenated alkanes) is 2. The van der Waals surface area contributed by atoms with Crippen LogP contribution in [0.15, 0.2) is 0 Å². The van der Waals surface area contributed by atoms with Crippen molar-refractivity contribution in [1.29, 1.82) is 0 Å². The zero-order valence-corrected chi connectivity index (χ0v) is 8.12. The van der Waals surface area contributed by atoms with Gasteiger partial charge in [0.15, 0.2) is 0 Å². The monoisotopic (exact) mass is 200 g/mol. The molecule has 0 rings (SSSR count). The molecule has 3 nitrogen and oxygen atoms in total. The van der Waals surface area contributed by atoms with Crippen LogP contribution in [0.25, 0.3) is 0 Å². The van der Waals surface area contributed by atoms with Crippen LogP contribution in [0, 0.1) is 0 Å². The van der Waals surface area contributed by atoms with Gasteiger partial charge in [0.1, 0.15) is 0 Å². The first kappa shape index (κ1) is 11.2. The van der Waals surface area contributed by atoms with Crippen molar-refractivity contribution in [1.82, 2.24) is 0 Å². The van der Waals surface area contributed by atoms with E-state index in [1.165, 1.54) is 0 Å². The Labute approximate surface area is 72.1 Å². The first-order valence-corrected chi connectivity index (χ1v) is 5.95. The minimum atomic E-state index is -3.28. The van der Waals surface area contributed by atoms with Crippen molar-refractivity contribution in [2.75, 3.05) is 19.5 Å². The highest BCUT2D eigenvalue weighted by Crippen LogP contribution is 2.03. The van der Waals surface area contributed by atoms with Crippen molar-refractivity contribution >= 4 is 19.7 Å². The molecule has 0 radical (unpaired) electrons. The lowest BCUT2D eigenvalue weighted by molar-refractivity contribution is 0.192. The first-order valence-electron chi connectivity index (χ1n) is 3.47. The second kappa shape index (κ2) is 5.80. The number of rotatable bonds is 6. The summed E-state index contributed by atoms with van der Waals surface area (Å²) in [5, 5.41) is 0. The third kappa shape index (κ3) is 10.2. The number of methoxy groups -OCH3 is 1. The zero-order chi connectivity index (χ0) is 8.74. The number of halogens is 1. The van der Waals surface area contributed by atoms with E-state index in [9.17, 15) is 8.42 Å². The van der Waals surface area contributed by atoms with E-state index in [1.807, 2.05) is 0 Å². The molecule has 0 atom stereocenters. The predicted octanol–water partition coefficient (Wildman–Crippen LogP) is 1.37. The van der Waals surface area contributed by atoms with E-state index in [-0.39, 0.29) is 5.75 Å². The van der Waals surface area contributed by atoms with Crippen LogP contribution in [0.4, 0.5) is 0 Å². The molecule has 0 bridgehead atoms. The normalized spacial score (nSPS) is 11.8. The summed E-state index contributed by atoms with van der Waals surface area (Å²) >= 11 is 0. The highest BCUT2D eigenvalue weighted by atomic mass is 35.7. The molecule has 0 aromatic rings. The second-order valence-electron chi connectivity index (χ2n) is 2.30. The Bertz CT molecular complexity index is 176. The van der Waals surface area contributed by atoms with Gasteiger partial charge in [-0.3, -0.25) is 0 Å². The standard InChI is InChI=1S/C6H13ClO3S/c1-10-5-3-2-4-6-11(7,8)9/h2-6H2,1H3. The van der Waals surface area contributed by atoms with Crippen molar-refractivity contribution in [3.05, 3.63) is 0 Å². The van der Waals surface area contributed by atoms with Crippen LogP contribution in [0.2, 0.25) is 0 Å². The molecule has 0 aromatic carbocycles. The van der Waals surface area contributed by atoms with Gasteiger partial charge in [0.2, 0.25) is 9.05 Å². The maximum atomic E-state index is 10.4. The fourth-order valence-electron chi connectivity index (χ4n) is 0.698. The smallest absolute Gasteiger partial charge is 0.232 e. The molecule has 11 heavy (non-hydrogen) atoms. The van der Waals surface area contributed by atoms with Crippen molar-refractivity contribution in [3.63, 3.8) is 0 Å². The zero-order valence-electron chi connectivity index (χ0n) is 6.55. The van der Waals surface area contributed by atoms with Gasteiger partial charge in [-0.25, -0.2) is 8.42 Å². The minimum Gasteiger partial charge on any atom is -0.385 e. The molecule has 68 valence electrons. The van der Waals surface area contributed by atoms with Crippen LogP contribution < -0.4 is 0 Å². The Morgan fingerprint density at radius 3 is 2.36 bits per heavy atom. The summed E-state index contributed by atoms with van der Waals surface area (Å²) < 4.78 is 25.6. The van der Waals surface area contributed by atoms with E-state index in [2.05, 4.69) is 0 Å². The lowest BCUT2D eigenvalue weighted by Crippen LogP contribution is -1.97. The predicted molar refractivity (Wildman–Crippen MR) is 45.4 cm³/mol. The van der Waals surface area contributed by atoms with Crippen LogP contribution >= 0.6 is 10.7 Å². The Hall–Kier alpha value is 0.200. The molecule has 0 spiro atoms. The lowest BCUT2D eigenvalue weighted by atomic mass is 10.3. The molecule has 0 saturated carbocycles. The molecule has 5 heteroatoms. The molecule has 0 unspecified atom stereocenters. The van der Waals surface area contributed by atoms with Gasteiger partial charge in [-0.05, 0) is 12.8 Å². The van der Waals surface area contributed by atoms with E-state index in [4.69, 9.17) is 15.4 Å². The second-order valence-corrected chi connectivity index (χ2v) is 5.19. The van der Waals surface area contributed by atoms with Crippen molar-refractivity contribution in [2.45, 2.75) is 19.3 Å². The fraction of sp³-hybridized carbons (Fsp3) is 1.00. The van der Waals surface area contributed by atoms with Crippen molar-refractivity contribution < 1.29 is 13.2 Å². The van der Waals surface area contributed by atoms with Crippen molar-refractivity contribution in [2.24, 2.45) is 0 Å². The van der Waals surface area contributed by atoms with Gasteiger partial charge in [-0.15, -0.1) is 0 Å². The number of hydrogen-bond acceptors (Lipinski definition) is 3. The average Bonchev–Trinajstić information content (AvgIpc) is 1.85. The van der Waals surface area contributed by atoms with Gasteiger partial charge in [0.05, 0.1) is 5.75 Å². The summed E-state index contributed by atoms with van der Waals surface area (Å²) in [5.41, 5.74) is 0. The average molecular weight is 201 g/mol. The molecular formula is C6H13ClO3S. The maximum absolute atomic E-state index is 10.4. The molecule has 0 amide bonds. The van der Waals surface area contributed by atoms with Gasteiger partial charge in [0, 0.05) is 24.4 Å².